The fourth-order valence-corrected chi connectivity index (χ4v) is 2.36. The second-order valence-corrected chi connectivity index (χ2v) is 6.28. The lowest BCUT2D eigenvalue weighted by Gasteiger charge is -2.17. The Balaban J connectivity index is 1.48. The summed E-state index contributed by atoms with van der Waals surface area (Å²) in [5.41, 5.74) is 1.89. The number of nitrogens with zero attached hydrogens (tertiary/aromatic N) is 1. The van der Waals surface area contributed by atoms with Gasteiger partial charge in [-0.15, -0.1) is 0 Å². The number of carbonyl (C=O) groups is 2. The number of ether oxygens (including phenoxy) is 2. The van der Waals surface area contributed by atoms with Crippen molar-refractivity contribution in [3.05, 3.63) is 71.8 Å². The lowest BCUT2D eigenvalue weighted by Crippen LogP contribution is -2.37. The molecule has 0 heterocycles. The van der Waals surface area contributed by atoms with E-state index < -0.39 is 12.2 Å². The highest BCUT2D eigenvalue weighted by molar-refractivity contribution is 5.67. The number of likely N-dealkylation sites (N-methyl/N-ethyl adjacent to an activating group) is 1. The molecule has 0 atom stereocenters. The van der Waals surface area contributed by atoms with Crippen molar-refractivity contribution >= 4 is 12.2 Å². The first-order chi connectivity index (χ1) is 13.6. The van der Waals surface area contributed by atoms with Crippen LogP contribution in [0.15, 0.2) is 60.7 Å². The summed E-state index contributed by atoms with van der Waals surface area (Å²) in [7, 11) is 1.91. The normalized spacial score (nSPS) is 10.4. The third-order valence-corrected chi connectivity index (χ3v) is 3.95. The van der Waals surface area contributed by atoms with E-state index in [9.17, 15) is 9.59 Å². The zero-order valence-electron chi connectivity index (χ0n) is 16.1. The fourth-order valence-electron chi connectivity index (χ4n) is 2.36. The Morgan fingerprint density at radius 1 is 0.750 bits per heavy atom. The van der Waals surface area contributed by atoms with Gasteiger partial charge in [0.05, 0.1) is 0 Å². The third kappa shape index (κ3) is 9.05. The van der Waals surface area contributed by atoms with E-state index in [4.69, 9.17) is 9.47 Å². The van der Waals surface area contributed by atoms with Crippen molar-refractivity contribution in [1.82, 2.24) is 15.5 Å². The molecular weight excluding hydrogens is 358 g/mol. The van der Waals surface area contributed by atoms with Gasteiger partial charge >= 0.3 is 12.2 Å². The molecule has 0 aliphatic carbocycles. The standard InChI is InChI=1S/C21H27N3O4/c1-24(14-12-22-20(25)27-16-18-8-4-2-5-9-18)15-13-23-21(26)28-17-19-10-6-3-7-11-19/h2-11H,12-17H2,1H3,(H,22,25)(H,23,26). The fraction of sp³-hybridized carbons (Fsp3) is 0.333. The molecule has 0 fully saturated rings. The van der Waals surface area contributed by atoms with Gasteiger partial charge in [0.2, 0.25) is 0 Å². The summed E-state index contributed by atoms with van der Waals surface area (Å²) in [6.07, 6.45) is -0.889. The van der Waals surface area contributed by atoms with Crippen LogP contribution in [0.2, 0.25) is 0 Å². The maximum atomic E-state index is 11.7. The van der Waals surface area contributed by atoms with Gasteiger partial charge in [0, 0.05) is 26.2 Å². The highest BCUT2D eigenvalue weighted by Gasteiger charge is 2.05. The van der Waals surface area contributed by atoms with Crippen LogP contribution in [0.5, 0.6) is 0 Å². The monoisotopic (exact) mass is 385 g/mol. The van der Waals surface area contributed by atoms with Crippen LogP contribution in [0.1, 0.15) is 11.1 Å². The molecule has 28 heavy (non-hydrogen) atoms. The lowest BCUT2D eigenvalue weighted by atomic mass is 10.2. The molecule has 0 radical (unpaired) electrons. The van der Waals surface area contributed by atoms with Crippen molar-refractivity contribution in [1.29, 1.82) is 0 Å². The quantitative estimate of drug-likeness (QED) is 0.657. The molecule has 0 saturated heterocycles. The van der Waals surface area contributed by atoms with Crippen molar-refractivity contribution in [2.24, 2.45) is 0 Å². The van der Waals surface area contributed by atoms with E-state index in [1.165, 1.54) is 0 Å². The van der Waals surface area contributed by atoms with E-state index in [1.54, 1.807) is 0 Å². The van der Waals surface area contributed by atoms with Crippen molar-refractivity contribution in [3.8, 4) is 0 Å². The van der Waals surface area contributed by atoms with Crippen molar-refractivity contribution < 1.29 is 19.1 Å². The predicted molar refractivity (Wildman–Crippen MR) is 107 cm³/mol. The molecule has 7 nitrogen and oxygen atoms in total. The van der Waals surface area contributed by atoms with Crippen LogP contribution >= 0.6 is 0 Å². The van der Waals surface area contributed by atoms with Gasteiger partial charge in [0.15, 0.2) is 0 Å². The Morgan fingerprint density at radius 3 is 1.54 bits per heavy atom. The molecule has 2 aromatic rings. The Bertz CT molecular complexity index is 649. The van der Waals surface area contributed by atoms with Gasteiger partial charge in [0.25, 0.3) is 0 Å². The van der Waals surface area contributed by atoms with Gasteiger partial charge in [-0.25, -0.2) is 9.59 Å². The number of hydrogen-bond acceptors (Lipinski definition) is 5. The summed E-state index contributed by atoms with van der Waals surface area (Å²) in [5, 5.41) is 5.41. The minimum absolute atomic E-state index is 0.248. The molecule has 0 spiro atoms. The zero-order valence-corrected chi connectivity index (χ0v) is 16.1. The highest BCUT2D eigenvalue weighted by Crippen LogP contribution is 2.01. The average Bonchev–Trinajstić information content (AvgIpc) is 2.72. The van der Waals surface area contributed by atoms with Gasteiger partial charge in [-0.1, -0.05) is 60.7 Å². The van der Waals surface area contributed by atoms with Gasteiger partial charge in [-0.3, -0.25) is 0 Å². The molecule has 0 bridgehead atoms. The smallest absolute Gasteiger partial charge is 0.407 e. The third-order valence-electron chi connectivity index (χ3n) is 3.95. The van der Waals surface area contributed by atoms with E-state index in [0.717, 1.165) is 11.1 Å². The number of carbonyl (C=O) groups excluding carboxylic acids is 2. The average molecular weight is 385 g/mol. The summed E-state index contributed by atoms with van der Waals surface area (Å²) in [5.74, 6) is 0. The molecule has 7 heteroatoms. The number of rotatable bonds is 10. The minimum Gasteiger partial charge on any atom is -0.445 e. The van der Waals surface area contributed by atoms with Crippen LogP contribution in [-0.2, 0) is 22.7 Å². The Kier molecular flexibility index (Phi) is 9.37. The van der Waals surface area contributed by atoms with Gasteiger partial charge in [0.1, 0.15) is 13.2 Å². The van der Waals surface area contributed by atoms with Crippen LogP contribution in [0.25, 0.3) is 0 Å². The Labute approximate surface area is 165 Å². The molecular formula is C21H27N3O4. The Hall–Kier alpha value is -3.06. The number of hydrogen-bond donors (Lipinski definition) is 2. The minimum atomic E-state index is -0.445. The molecule has 0 unspecified atom stereocenters. The molecule has 0 aliphatic heterocycles. The van der Waals surface area contributed by atoms with E-state index in [1.807, 2.05) is 72.6 Å². The van der Waals surface area contributed by atoms with E-state index in [2.05, 4.69) is 10.6 Å². The van der Waals surface area contributed by atoms with Gasteiger partial charge in [-0.2, -0.15) is 0 Å². The topological polar surface area (TPSA) is 79.9 Å². The van der Waals surface area contributed by atoms with E-state index in [0.29, 0.717) is 26.2 Å². The summed E-state index contributed by atoms with van der Waals surface area (Å²) in [4.78, 5) is 25.3. The van der Waals surface area contributed by atoms with Crippen LogP contribution in [0.4, 0.5) is 9.59 Å². The van der Waals surface area contributed by atoms with Gasteiger partial charge in [-0.05, 0) is 18.2 Å². The SMILES string of the molecule is CN(CCNC(=O)OCc1ccccc1)CCNC(=O)OCc1ccccc1. The van der Waals surface area contributed by atoms with E-state index in [-0.39, 0.29) is 13.2 Å². The lowest BCUT2D eigenvalue weighted by molar-refractivity contribution is 0.137. The second-order valence-electron chi connectivity index (χ2n) is 6.28. The van der Waals surface area contributed by atoms with Crippen LogP contribution in [0.3, 0.4) is 0 Å². The molecule has 0 aliphatic rings. The summed E-state index contributed by atoms with van der Waals surface area (Å²) in [6, 6.07) is 19.0. The highest BCUT2D eigenvalue weighted by atomic mass is 16.6. The molecule has 2 aromatic carbocycles. The first kappa shape index (κ1) is 21.2. The molecule has 2 N–H and O–H groups in total. The Morgan fingerprint density at radius 2 is 1.14 bits per heavy atom. The van der Waals surface area contributed by atoms with Crippen LogP contribution in [-0.4, -0.2) is 50.3 Å². The molecule has 2 rings (SSSR count). The number of nitrogens with one attached hydrogen (secondary N) is 2. The van der Waals surface area contributed by atoms with E-state index >= 15 is 0 Å². The number of alkyl carbamates (subject to hydrolysis) is 2. The van der Waals surface area contributed by atoms with Crippen molar-refractivity contribution in [2.45, 2.75) is 13.2 Å². The molecule has 2 amide bonds. The van der Waals surface area contributed by atoms with Crippen molar-refractivity contribution in [3.63, 3.8) is 0 Å². The largest absolute Gasteiger partial charge is 0.445 e. The zero-order chi connectivity index (χ0) is 20.0. The molecule has 0 aromatic heterocycles. The summed E-state index contributed by atoms with van der Waals surface area (Å²) in [6.45, 7) is 2.70. The van der Waals surface area contributed by atoms with Crippen LogP contribution < -0.4 is 10.6 Å². The first-order valence-electron chi connectivity index (χ1n) is 9.21. The molecule has 0 saturated carbocycles. The number of amides is 2. The summed E-state index contributed by atoms with van der Waals surface area (Å²) >= 11 is 0. The second kappa shape index (κ2) is 12.3. The molecule has 150 valence electrons. The maximum Gasteiger partial charge on any atom is 0.407 e. The predicted octanol–water partition coefficient (Wildman–Crippen LogP) is 2.77. The first-order valence-corrected chi connectivity index (χ1v) is 9.21. The van der Waals surface area contributed by atoms with Crippen molar-refractivity contribution in [2.75, 3.05) is 33.2 Å². The van der Waals surface area contributed by atoms with Gasteiger partial charge < -0.3 is 25.0 Å². The summed E-state index contributed by atoms with van der Waals surface area (Å²) < 4.78 is 10.3. The number of benzene rings is 2. The van der Waals surface area contributed by atoms with Crippen LogP contribution in [0, 0.1) is 0 Å². The maximum absolute atomic E-state index is 11.7.